The lowest BCUT2D eigenvalue weighted by Crippen LogP contribution is -2.43. The fourth-order valence-electron chi connectivity index (χ4n) is 4.40. The van der Waals surface area contributed by atoms with Gasteiger partial charge < -0.3 is 14.2 Å². The Hall–Kier alpha value is -2.97. The highest BCUT2D eigenvalue weighted by atomic mass is 16.6. The van der Waals surface area contributed by atoms with Gasteiger partial charge in [-0.1, -0.05) is 63.1 Å². The van der Waals surface area contributed by atoms with E-state index in [4.69, 9.17) is 18.8 Å². The molecule has 2 aromatic carbocycles. The minimum atomic E-state index is -0.353. The number of carbonyl (C=O) groups excluding carboxylic acids is 1. The largest absolute Gasteiger partial charge is 0.445 e. The van der Waals surface area contributed by atoms with Gasteiger partial charge in [-0.05, 0) is 52.8 Å². The Labute approximate surface area is 206 Å². The summed E-state index contributed by atoms with van der Waals surface area (Å²) in [6.45, 7) is 6.21. The zero-order valence-electron chi connectivity index (χ0n) is 20.6. The number of hydrogen-bond acceptors (Lipinski definition) is 7. The van der Waals surface area contributed by atoms with Crippen LogP contribution in [0.25, 0.3) is 11.0 Å². The Kier molecular flexibility index (Phi) is 9.08. The van der Waals surface area contributed by atoms with Crippen LogP contribution in [0, 0.1) is 0 Å². The number of unbranched alkanes of at least 4 members (excludes halogenated alkanes) is 2. The van der Waals surface area contributed by atoms with Gasteiger partial charge in [0.05, 0.1) is 12.6 Å². The number of amides is 1. The van der Waals surface area contributed by atoms with E-state index in [9.17, 15) is 4.79 Å². The molecule has 2 heterocycles. The van der Waals surface area contributed by atoms with Crippen molar-refractivity contribution in [2.75, 3.05) is 19.8 Å². The molecule has 3 aromatic rings. The van der Waals surface area contributed by atoms with E-state index in [0.29, 0.717) is 37.2 Å². The Morgan fingerprint density at radius 1 is 0.971 bits per heavy atom. The van der Waals surface area contributed by atoms with Gasteiger partial charge in [-0.3, -0.25) is 4.90 Å². The molecule has 0 unspecified atom stereocenters. The molecule has 0 saturated carbocycles. The molecule has 0 bridgehead atoms. The summed E-state index contributed by atoms with van der Waals surface area (Å²) in [5.74, 6) is 0. The Morgan fingerprint density at radius 3 is 2.49 bits per heavy atom. The van der Waals surface area contributed by atoms with E-state index < -0.39 is 0 Å². The van der Waals surface area contributed by atoms with Gasteiger partial charge in [-0.2, -0.15) is 0 Å². The van der Waals surface area contributed by atoms with E-state index >= 15 is 0 Å². The van der Waals surface area contributed by atoms with Crippen molar-refractivity contribution in [3.05, 3.63) is 59.7 Å². The summed E-state index contributed by atoms with van der Waals surface area (Å²) >= 11 is 0. The zero-order chi connectivity index (χ0) is 24.5. The third kappa shape index (κ3) is 6.58. The van der Waals surface area contributed by atoms with E-state index in [1.54, 1.807) is 4.90 Å². The summed E-state index contributed by atoms with van der Waals surface area (Å²) in [6.07, 6.45) is 3.81. The summed E-state index contributed by atoms with van der Waals surface area (Å²) in [5.41, 5.74) is 3.37. The van der Waals surface area contributed by atoms with Crippen LogP contribution < -0.4 is 0 Å². The molecule has 4 rings (SSSR count). The molecule has 0 aliphatic carbocycles. The molecule has 8 nitrogen and oxygen atoms in total. The maximum Gasteiger partial charge on any atom is 0.410 e. The van der Waals surface area contributed by atoms with Crippen molar-refractivity contribution >= 4 is 17.1 Å². The van der Waals surface area contributed by atoms with Crippen LogP contribution in [0.5, 0.6) is 0 Å². The summed E-state index contributed by atoms with van der Waals surface area (Å²) < 4.78 is 23.2. The van der Waals surface area contributed by atoms with Crippen LogP contribution in [0.1, 0.15) is 50.7 Å². The van der Waals surface area contributed by atoms with Gasteiger partial charge >= 0.3 is 6.09 Å². The molecule has 1 aliphatic heterocycles. The third-order valence-electron chi connectivity index (χ3n) is 6.36. The first kappa shape index (κ1) is 25.1. The number of fused-ring (bicyclic) bond motifs is 1. The number of benzene rings is 2. The molecule has 1 aromatic heterocycles. The summed E-state index contributed by atoms with van der Waals surface area (Å²) in [7, 11) is 0. The average Bonchev–Trinajstić information content (AvgIpc) is 3.48. The van der Waals surface area contributed by atoms with Crippen LogP contribution in [0.15, 0.2) is 53.2 Å². The lowest BCUT2D eigenvalue weighted by atomic mass is 10.0. The van der Waals surface area contributed by atoms with Crippen molar-refractivity contribution < 1.29 is 23.6 Å². The number of carbonyl (C=O) groups is 1. The number of nitrogens with zero attached hydrogens (tertiary/aromatic N) is 3. The summed E-state index contributed by atoms with van der Waals surface area (Å²) in [4.78, 5) is 15.1. The van der Waals surface area contributed by atoms with Crippen LogP contribution in [-0.2, 0) is 27.2 Å². The van der Waals surface area contributed by atoms with Crippen molar-refractivity contribution in [1.82, 2.24) is 15.2 Å². The second-order valence-electron chi connectivity index (χ2n) is 9.00. The lowest BCUT2D eigenvalue weighted by molar-refractivity contribution is -0.0595. The molecule has 1 amide bonds. The molecule has 1 saturated heterocycles. The molecule has 3 atom stereocenters. The molecule has 0 radical (unpaired) electrons. The molecular formula is C27H35N3O5. The van der Waals surface area contributed by atoms with Crippen molar-refractivity contribution in [3.63, 3.8) is 0 Å². The highest BCUT2D eigenvalue weighted by Gasteiger charge is 2.46. The molecule has 35 heavy (non-hydrogen) atoms. The second kappa shape index (κ2) is 12.7. The number of aromatic nitrogens is 2. The van der Waals surface area contributed by atoms with Gasteiger partial charge in [-0.25, -0.2) is 9.42 Å². The van der Waals surface area contributed by atoms with Gasteiger partial charge in [0.1, 0.15) is 29.8 Å². The fraction of sp³-hybridized carbons (Fsp3) is 0.519. The maximum absolute atomic E-state index is 13.3. The number of likely N-dealkylation sites (tertiary alicyclic amines) is 1. The van der Waals surface area contributed by atoms with E-state index in [1.807, 2.05) is 48.5 Å². The van der Waals surface area contributed by atoms with Gasteiger partial charge in [-0.15, -0.1) is 0 Å². The van der Waals surface area contributed by atoms with Crippen molar-refractivity contribution in [2.24, 2.45) is 0 Å². The number of hydrogen-bond donors (Lipinski definition) is 0. The van der Waals surface area contributed by atoms with Crippen molar-refractivity contribution in [1.29, 1.82) is 0 Å². The summed E-state index contributed by atoms with van der Waals surface area (Å²) in [6, 6.07) is 15.3. The number of ether oxygens (including phenoxy) is 3. The smallest absolute Gasteiger partial charge is 0.410 e. The van der Waals surface area contributed by atoms with Gasteiger partial charge in [0.15, 0.2) is 0 Å². The standard InChI is InChI=1S/C27H35N3O5/c1-3-5-14-32-25-18-30(27(31)34-19-20-10-8-7-9-11-20)24(26(25)33-15-6-4-2)17-21-12-13-22-23(16-21)29-35-28-22/h7-13,16,24-26H,3-6,14-15,17-19H2,1-2H3/t24-,25+,26+/m1/s1. The first-order valence-corrected chi connectivity index (χ1v) is 12.6. The minimum Gasteiger partial charge on any atom is -0.445 e. The third-order valence-corrected chi connectivity index (χ3v) is 6.36. The molecule has 1 aliphatic rings. The Balaban J connectivity index is 1.54. The maximum atomic E-state index is 13.3. The van der Waals surface area contributed by atoms with E-state index in [-0.39, 0.29) is 30.9 Å². The summed E-state index contributed by atoms with van der Waals surface area (Å²) in [5, 5.41) is 7.86. The average molecular weight is 482 g/mol. The lowest BCUT2D eigenvalue weighted by Gasteiger charge is -2.28. The Bertz CT molecular complexity index is 1060. The van der Waals surface area contributed by atoms with Crippen LogP contribution in [-0.4, -0.2) is 59.3 Å². The van der Waals surface area contributed by atoms with Gasteiger partial charge in [0.25, 0.3) is 0 Å². The van der Waals surface area contributed by atoms with Crippen molar-refractivity contribution in [2.45, 2.75) is 70.8 Å². The second-order valence-corrected chi connectivity index (χ2v) is 9.00. The fourth-order valence-corrected chi connectivity index (χ4v) is 4.40. The Morgan fingerprint density at radius 2 is 1.71 bits per heavy atom. The molecule has 0 N–H and O–H groups in total. The first-order valence-electron chi connectivity index (χ1n) is 12.6. The molecule has 188 valence electrons. The zero-order valence-corrected chi connectivity index (χ0v) is 20.6. The van der Waals surface area contributed by atoms with Crippen LogP contribution in [0.2, 0.25) is 0 Å². The molecular weight excluding hydrogens is 446 g/mol. The van der Waals surface area contributed by atoms with Crippen molar-refractivity contribution in [3.8, 4) is 0 Å². The molecule has 1 fully saturated rings. The van der Waals surface area contributed by atoms with E-state index in [0.717, 1.165) is 36.8 Å². The topological polar surface area (TPSA) is 86.9 Å². The van der Waals surface area contributed by atoms with Gasteiger partial charge in [0, 0.05) is 13.2 Å². The first-order chi connectivity index (χ1) is 17.2. The van der Waals surface area contributed by atoms with E-state index in [2.05, 4.69) is 24.2 Å². The monoisotopic (exact) mass is 481 g/mol. The SMILES string of the molecule is CCCCO[C@@H]1[C@@H](OCCCC)CN(C(=O)OCc2ccccc2)[C@@H]1Cc1ccc2nonc2c1. The van der Waals surface area contributed by atoms with Crippen LogP contribution in [0.4, 0.5) is 4.79 Å². The number of rotatable bonds is 12. The van der Waals surface area contributed by atoms with E-state index in [1.165, 1.54) is 0 Å². The minimum absolute atomic E-state index is 0.204. The van der Waals surface area contributed by atoms with Crippen LogP contribution >= 0.6 is 0 Å². The predicted octanol–water partition coefficient (Wildman–Crippen LogP) is 5.16. The normalized spacial score (nSPS) is 19.9. The molecule has 0 spiro atoms. The highest BCUT2D eigenvalue weighted by Crippen LogP contribution is 2.29. The quantitative estimate of drug-likeness (QED) is 0.330. The predicted molar refractivity (Wildman–Crippen MR) is 132 cm³/mol. The van der Waals surface area contributed by atoms with Crippen LogP contribution in [0.3, 0.4) is 0 Å². The molecule has 8 heteroatoms. The van der Waals surface area contributed by atoms with Gasteiger partial charge in [0.2, 0.25) is 0 Å². The highest BCUT2D eigenvalue weighted by molar-refractivity contribution is 5.74.